The lowest BCUT2D eigenvalue weighted by Gasteiger charge is -2.26. The summed E-state index contributed by atoms with van der Waals surface area (Å²) in [5.41, 5.74) is 1.13. The van der Waals surface area contributed by atoms with Crippen LogP contribution in [0.15, 0.2) is 48.0 Å². The van der Waals surface area contributed by atoms with E-state index < -0.39 is 17.7 Å². The zero-order valence-corrected chi connectivity index (χ0v) is 21.9. The molecule has 194 valence electrons. The molecule has 8 heteroatoms. The molecule has 2 aromatic rings. The molecule has 1 N–H and O–H groups in total. The second kappa shape index (κ2) is 11.9. The van der Waals surface area contributed by atoms with E-state index >= 15 is 0 Å². The van der Waals surface area contributed by atoms with Crippen molar-refractivity contribution in [2.75, 3.05) is 40.9 Å². The molecule has 1 heterocycles. The number of nitrogens with zero attached hydrogens (tertiary/aromatic N) is 2. The van der Waals surface area contributed by atoms with Crippen molar-refractivity contribution in [3.05, 3.63) is 59.2 Å². The number of Topliss-reactive ketones (excluding diaryl/α,β-unsaturated/α-hetero) is 1. The van der Waals surface area contributed by atoms with E-state index in [1.807, 2.05) is 39.8 Å². The normalized spacial score (nSPS) is 17.2. The standard InChI is InChI=1S/C28H36N2O6/c1-7-35-22-14-11-20(17-23(22)34-6)25-24(27(32)28(33)30(25)16-8-15-29(4)5)26(31)19-9-12-21(13-10-19)36-18(2)3/h9-14,17-18,25,31H,7-8,15-16H2,1-6H3/t25-/m0/s1. The number of aliphatic hydroxyl groups excluding tert-OH is 1. The predicted octanol–water partition coefficient (Wildman–Crippen LogP) is 4.25. The number of amides is 1. The number of hydrogen-bond acceptors (Lipinski definition) is 7. The van der Waals surface area contributed by atoms with Crippen LogP contribution < -0.4 is 14.2 Å². The van der Waals surface area contributed by atoms with Gasteiger partial charge in [0.05, 0.1) is 31.4 Å². The molecule has 1 fully saturated rings. The van der Waals surface area contributed by atoms with E-state index in [1.54, 1.807) is 42.5 Å². The van der Waals surface area contributed by atoms with Crippen LogP contribution in [0.4, 0.5) is 0 Å². The van der Waals surface area contributed by atoms with Crippen molar-refractivity contribution in [1.82, 2.24) is 9.80 Å². The number of ketones is 1. The highest BCUT2D eigenvalue weighted by Crippen LogP contribution is 2.42. The molecule has 36 heavy (non-hydrogen) atoms. The summed E-state index contributed by atoms with van der Waals surface area (Å²) in [4.78, 5) is 29.9. The second-order valence-corrected chi connectivity index (χ2v) is 9.18. The van der Waals surface area contributed by atoms with Crippen LogP contribution >= 0.6 is 0 Å². The van der Waals surface area contributed by atoms with E-state index in [0.29, 0.717) is 47.9 Å². The molecule has 2 aromatic carbocycles. The molecule has 8 nitrogen and oxygen atoms in total. The molecule has 0 bridgehead atoms. The van der Waals surface area contributed by atoms with Crippen LogP contribution in [-0.4, -0.2) is 73.6 Å². The first-order valence-corrected chi connectivity index (χ1v) is 12.2. The quantitative estimate of drug-likeness (QED) is 0.283. The van der Waals surface area contributed by atoms with E-state index in [2.05, 4.69) is 0 Å². The highest BCUT2D eigenvalue weighted by Gasteiger charge is 2.46. The Morgan fingerprint density at radius 1 is 1.08 bits per heavy atom. The first-order valence-electron chi connectivity index (χ1n) is 12.2. The average molecular weight is 497 g/mol. The highest BCUT2D eigenvalue weighted by molar-refractivity contribution is 6.46. The van der Waals surface area contributed by atoms with Gasteiger partial charge in [0.25, 0.3) is 11.7 Å². The fourth-order valence-corrected chi connectivity index (χ4v) is 4.26. The zero-order chi connectivity index (χ0) is 26.4. The number of aliphatic hydroxyl groups is 1. The Morgan fingerprint density at radius 2 is 1.78 bits per heavy atom. The minimum Gasteiger partial charge on any atom is -0.507 e. The molecule has 1 amide bonds. The minimum absolute atomic E-state index is 0.00609. The van der Waals surface area contributed by atoms with Gasteiger partial charge in [-0.3, -0.25) is 9.59 Å². The number of ether oxygens (including phenoxy) is 3. The Hall–Kier alpha value is -3.52. The number of likely N-dealkylation sites (tertiary alicyclic amines) is 1. The lowest BCUT2D eigenvalue weighted by atomic mass is 9.95. The summed E-state index contributed by atoms with van der Waals surface area (Å²) in [6, 6.07) is 11.4. The molecule has 0 aliphatic carbocycles. The first kappa shape index (κ1) is 27.1. The summed E-state index contributed by atoms with van der Waals surface area (Å²) < 4.78 is 16.8. The first-order chi connectivity index (χ1) is 17.2. The fraction of sp³-hybridized carbons (Fsp3) is 0.429. The molecule has 1 saturated heterocycles. The van der Waals surface area contributed by atoms with Gasteiger partial charge in [0, 0.05) is 12.1 Å². The smallest absolute Gasteiger partial charge is 0.295 e. The van der Waals surface area contributed by atoms with Crippen LogP contribution in [0, 0.1) is 0 Å². The molecule has 0 unspecified atom stereocenters. The van der Waals surface area contributed by atoms with E-state index in [-0.39, 0.29) is 17.4 Å². The van der Waals surface area contributed by atoms with Crippen LogP contribution in [0.2, 0.25) is 0 Å². The number of rotatable bonds is 11. The summed E-state index contributed by atoms with van der Waals surface area (Å²) in [6.07, 6.45) is 0.679. The lowest BCUT2D eigenvalue weighted by molar-refractivity contribution is -0.139. The third-order valence-electron chi connectivity index (χ3n) is 5.85. The number of hydrogen-bond donors (Lipinski definition) is 1. The maximum atomic E-state index is 13.2. The largest absolute Gasteiger partial charge is 0.507 e. The molecular weight excluding hydrogens is 460 g/mol. The van der Waals surface area contributed by atoms with Crippen LogP contribution in [0.25, 0.3) is 5.76 Å². The van der Waals surface area contributed by atoms with Crippen molar-refractivity contribution in [2.45, 2.75) is 39.3 Å². The monoisotopic (exact) mass is 496 g/mol. The van der Waals surface area contributed by atoms with Gasteiger partial charge in [-0.25, -0.2) is 0 Å². The van der Waals surface area contributed by atoms with E-state index in [0.717, 1.165) is 6.54 Å². The summed E-state index contributed by atoms with van der Waals surface area (Å²) in [5.74, 6) is 0.138. The van der Waals surface area contributed by atoms with Gasteiger partial charge in [0.2, 0.25) is 0 Å². The van der Waals surface area contributed by atoms with Crippen molar-refractivity contribution in [1.29, 1.82) is 0 Å². The molecule has 3 rings (SSSR count). The third-order valence-corrected chi connectivity index (χ3v) is 5.85. The Balaban J connectivity index is 2.09. The second-order valence-electron chi connectivity index (χ2n) is 9.18. The summed E-state index contributed by atoms with van der Waals surface area (Å²) in [7, 11) is 5.45. The van der Waals surface area contributed by atoms with Gasteiger partial charge in [-0.15, -0.1) is 0 Å². The van der Waals surface area contributed by atoms with Crippen molar-refractivity contribution in [3.8, 4) is 17.2 Å². The van der Waals surface area contributed by atoms with Gasteiger partial charge in [-0.2, -0.15) is 0 Å². The molecule has 1 atom stereocenters. The topological polar surface area (TPSA) is 88.5 Å². The molecule has 0 spiro atoms. The van der Waals surface area contributed by atoms with Gasteiger partial charge in [-0.1, -0.05) is 6.07 Å². The van der Waals surface area contributed by atoms with Crippen LogP contribution in [0.1, 0.15) is 44.4 Å². The van der Waals surface area contributed by atoms with Crippen LogP contribution in [0.3, 0.4) is 0 Å². The van der Waals surface area contributed by atoms with Crippen LogP contribution in [0.5, 0.6) is 17.2 Å². The van der Waals surface area contributed by atoms with Gasteiger partial charge in [0.1, 0.15) is 11.5 Å². The molecule has 1 aliphatic rings. The molecule has 1 aliphatic heterocycles. The predicted molar refractivity (Wildman–Crippen MR) is 139 cm³/mol. The van der Waals surface area contributed by atoms with Crippen molar-refractivity contribution < 1.29 is 28.9 Å². The van der Waals surface area contributed by atoms with E-state index in [9.17, 15) is 14.7 Å². The molecule has 0 radical (unpaired) electrons. The average Bonchev–Trinajstić information content (AvgIpc) is 3.09. The SMILES string of the molecule is CCOc1ccc([C@H]2C(=C(O)c3ccc(OC(C)C)cc3)C(=O)C(=O)N2CCCN(C)C)cc1OC. The molecule has 0 aromatic heterocycles. The van der Waals surface area contributed by atoms with Crippen molar-refractivity contribution in [3.63, 3.8) is 0 Å². The molecule has 0 saturated carbocycles. The fourth-order valence-electron chi connectivity index (χ4n) is 4.26. The zero-order valence-electron chi connectivity index (χ0n) is 21.9. The van der Waals surface area contributed by atoms with Gasteiger partial charge >= 0.3 is 0 Å². The Kier molecular flexibility index (Phi) is 8.98. The van der Waals surface area contributed by atoms with Gasteiger partial charge in [-0.05, 0) is 89.8 Å². The highest BCUT2D eigenvalue weighted by atomic mass is 16.5. The van der Waals surface area contributed by atoms with Crippen LogP contribution in [-0.2, 0) is 9.59 Å². The van der Waals surface area contributed by atoms with E-state index in [1.165, 1.54) is 12.0 Å². The summed E-state index contributed by atoms with van der Waals surface area (Å²) >= 11 is 0. The number of methoxy groups -OCH3 is 1. The number of carbonyl (C=O) groups excluding carboxylic acids is 2. The van der Waals surface area contributed by atoms with Gasteiger partial charge in [0.15, 0.2) is 11.5 Å². The molecular formula is C28H36N2O6. The van der Waals surface area contributed by atoms with Crippen molar-refractivity contribution >= 4 is 17.4 Å². The summed E-state index contributed by atoms with van der Waals surface area (Å²) in [5, 5.41) is 11.3. The third kappa shape index (κ3) is 5.99. The van der Waals surface area contributed by atoms with Gasteiger partial charge < -0.3 is 29.1 Å². The number of benzene rings is 2. The maximum absolute atomic E-state index is 13.2. The minimum atomic E-state index is -0.761. The lowest BCUT2D eigenvalue weighted by Crippen LogP contribution is -2.32. The summed E-state index contributed by atoms with van der Waals surface area (Å²) in [6.45, 7) is 7.31. The van der Waals surface area contributed by atoms with Crippen molar-refractivity contribution in [2.24, 2.45) is 0 Å². The number of carbonyl (C=O) groups is 2. The van der Waals surface area contributed by atoms with E-state index in [4.69, 9.17) is 14.2 Å². The Morgan fingerprint density at radius 3 is 2.36 bits per heavy atom. The Bertz CT molecular complexity index is 1110. The maximum Gasteiger partial charge on any atom is 0.295 e. The Labute approximate surface area is 213 Å².